The van der Waals surface area contributed by atoms with E-state index in [9.17, 15) is 4.79 Å². The molecule has 1 aliphatic carbocycles. The van der Waals surface area contributed by atoms with Gasteiger partial charge in [-0.25, -0.2) is 0 Å². The van der Waals surface area contributed by atoms with Gasteiger partial charge in [0, 0.05) is 37.8 Å². The van der Waals surface area contributed by atoms with Crippen molar-refractivity contribution in [2.75, 3.05) is 13.1 Å². The quantitative estimate of drug-likeness (QED) is 0.844. The summed E-state index contributed by atoms with van der Waals surface area (Å²) >= 11 is 0. The number of carbonyl (C=O) groups excluding carboxylic acids is 1. The van der Waals surface area contributed by atoms with Gasteiger partial charge in [0.05, 0.1) is 5.69 Å². The summed E-state index contributed by atoms with van der Waals surface area (Å²) in [6, 6.07) is 3.05. The normalized spacial score (nSPS) is 23.8. The molecule has 1 aromatic rings. The Kier molecular flexibility index (Phi) is 6.30. The number of piperidine rings is 1. The first-order valence-electron chi connectivity index (χ1n) is 9.74. The van der Waals surface area contributed by atoms with Crippen LogP contribution in [-0.2, 0) is 11.3 Å². The second-order valence-corrected chi connectivity index (χ2v) is 7.52. The third-order valence-electron chi connectivity index (χ3n) is 5.50. The van der Waals surface area contributed by atoms with Crippen LogP contribution in [0.3, 0.4) is 0 Å². The molecule has 2 fully saturated rings. The summed E-state index contributed by atoms with van der Waals surface area (Å²) in [7, 11) is 0. The van der Waals surface area contributed by atoms with Crippen LogP contribution in [-0.4, -0.2) is 45.8 Å². The molecule has 0 spiro atoms. The second-order valence-electron chi connectivity index (χ2n) is 7.52. The van der Waals surface area contributed by atoms with Crippen molar-refractivity contribution in [3.05, 3.63) is 18.0 Å². The van der Waals surface area contributed by atoms with Crippen LogP contribution in [0.15, 0.2) is 12.3 Å². The third-order valence-corrected chi connectivity index (χ3v) is 5.50. The molecule has 1 saturated carbocycles. The van der Waals surface area contributed by atoms with Crippen molar-refractivity contribution in [2.24, 2.45) is 0 Å². The molecule has 3 rings (SSSR count). The van der Waals surface area contributed by atoms with Gasteiger partial charge in [-0.1, -0.05) is 25.7 Å². The van der Waals surface area contributed by atoms with Crippen LogP contribution in [0.1, 0.15) is 63.5 Å². The van der Waals surface area contributed by atoms with Crippen molar-refractivity contribution in [2.45, 2.75) is 83.3 Å². The molecule has 134 valence electrons. The number of nitrogens with zero attached hydrogens (tertiary/aromatic N) is 3. The molecule has 0 aromatic carbocycles. The highest BCUT2D eigenvalue weighted by molar-refractivity contribution is 5.76. The minimum atomic E-state index is 0.163. The molecule has 1 aliphatic heterocycles. The van der Waals surface area contributed by atoms with Gasteiger partial charge in [-0.05, 0) is 45.2 Å². The highest BCUT2D eigenvalue weighted by Crippen LogP contribution is 2.24. The zero-order valence-electron chi connectivity index (χ0n) is 15.0. The summed E-state index contributed by atoms with van der Waals surface area (Å²) < 4.78 is 1.85. The fraction of sp³-hybridized carbons (Fsp3) is 0.789. The average Bonchev–Trinajstić information content (AvgIpc) is 2.83. The number of hydrogen-bond acceptors (Lipinski definition) is 3. The molecule has 1 aromatic heterocycles. The zero-order chi connectivity index (χ0) is 16.8. The lowest BCUT2D eigenvalue weighted by molar-refractivity contribution is -0.122. The highest BCUT2D eigenvalue weighted by atomic mass is 16.1. The summed E-state index contributed by atoms with van der Waals surface area (Å²) in [6.45, 7) is 4.89. The SMILES string of the molecule is Cc1ccn(CCC(=O)NC2CCCN(C3CCCCCC3)C2)n1. The Hall–Kier alpha value is -1.36. The molecule has 5 nitrogen and oxygen atoms in total. The molecule has 1 saturated heterocycles. The molecular formula is C19H32N4O. The van der Waals surface area contributed by atoms with Crippen LogP contribution in [0.2, 0.25) is 0 Å². The van der Waals surface area contributed by atoms with Crippen molar-refractivity contribution in [3.63, 3.8) is 0 Å². The maximum atomic E-state index is 12.3. The van der Waals surface area contributed by atoms with Gasteiger partial charge in [0.2, 0.25) is 5.91 Å². The zero-order valence-corrected chi connectivity index (χ0v) is 15.0. The van der Waals surface area contributed by atoms with Gasteiger partial charge in [-0.2, -0.15) is 5.10 Å². The van der Waals surface area contributed by atoms with Crippen LogP contribution in [0.4, 0.5) is 0 Å². The molecule has 1 N–H and O–H groups in total. The van der Waals surface area contributed by atoms with Crippen LogP contribution in [0, 0.1) is 6.92 Å². The van der Waals surface area contributed by atoms with E-state index in [-0.39, 0.29) is 5.91 Å². The van der Waals surface area contributed by atoms with Crippen LogP contribution >= 0.6 is 0 Å². The number of aromatic nitrogens is 2. The van der Waals surface area contributed by atoms with E-state index >= 15 is 0 Å². The Morgan fingerprint density at radius 1 is 1.21 bits per heavy atom. The van der Waals surface area contributed by atoms with E-state index < -0.39 is 0 Å². The molecule has 0 bridgehead atoms. The van der Waals surface area contributed by atoms with Gasteiger partial charge in [0.25, 0.3) is 0 Å². The number of amides is 1. The van der Waals surface area contributed by atoms with Gasteiger partial charge < -0.3 is 5.32 Å². The molecule has 0 radical (unpaired) electrons. The predicted molar refractivity (Wildman–Crippen MR) is 95.8 cm³/mol. The third kappa shape index (κ3) is 5.07. The standard InChI is InChI=1S/C19H32N4O/c1-16-10-13-23(21-16)14-11-19(24)20-17-7-6-12-22(15-17)18-8-4-2-3-5-9-18/h10,13,17-18H,2-9,11-12,14-15H2,1H3,(H,20,24). The number of nitrogens with one attached hydrogen (secondary N) is 1. The fourth-order valence-electron chi connectivity index (χ4n) is 4.18. The largest absolute Gasteiger partial charge is 0.352 e. The van der Waals surface area contributed by atoms with Crippen LogP contribution < -0.4 is 5.32 Å². The summed E-state index contributed by atoms with van der Waals surface area (Å²) in [6.07, 6.45) is 13.0. The lowest BCUT2D eigenvalue weighted by Crippen LogP contribution is -2.51. The molecule has 1 unspecified atom stereocenters. The average molecular weight is 332 g/mol. The molecule has 2 aliphatic rings. The molecule has 1 amide bonds. The number of likely N-dealkylation sites (tertiary alicyclic amines) is 1. The van der Waals surface area contributed by atoms with Gasteiger partial charge in [-0.3, -0.25) is 14.4 Å². The second kappa shape index (κ2) is 8.65. The Bertz CT molecular complexity index is 519. The highest BCUT2D eigenvalue weighted by Gasteiger charge is 2.27. The summed E-state index contributed by atoms with van der Waals surface area (Å²) in [5, 5.41) is 7.60. The Morgan fingerprint density at radius 2 is 2.00 bits per heavy atom. The first-order valence-corrected chi connectivity index (χ1v) is 9.74. The Balaban J connectivity index is 1.43. The lowest BCUT2D eigenvalue weighted by atomic mass is 10.00. The first-order chi connectivity index (χ1) is 11.7. The maximum Gasteiger partial charge on any atom is 0.222 e. The number of carbonyl (C=O) groups is 1. The molecule has 2 heterocycles. The number of rotatable bonds is 5. The van der Waals surface area contributed by atoms with Crippen LogP contribution in [0.5, 0.6) is 0 Å². The van der Waals surface area contributed by atoms with Gasteiger partial charge >= 0.3 is 0 Å². The van der Waals surface area contributed by atoms with Crippen molar-refractivity contribution in [3.8, 4) is 0 Å². The van der Waals surface area contributed by atoms with E-state index in [1.54, 1.807) is 0 Å². The van der Waals surface area contributed by atoms with E-state index in [1.165, 1.54) is 51.5 Å². The molecule has 1 atom stereocenters. The fourth-order valence-corrected chi connectivity index (χ4v) is 4.18. The van der Waals surface area contributed by atoms with Gasteiger partial charge in [0.1, 0.15) is 0 Å². The minimum absolute atomic E-state index is 0.163. The minimum Gasteiger partial charge on any atom is -0.352 e. The monoisotopic (exact) mass is 332 g/mol. The van der Waals surface area contributed by atoms with Gasteiger partial charge in [-0.15, -0.1) is 0 Å². The van der Waals surface area contributed by atoms with Crippen molar-refractivity contribution >= 4 is 5.91 Å². The van der Waals surface area contributed by atoms with Crippen molar-refractivity contribution in [1.29, 1.82) is 0 Å². The predicted octanol–water partition coefficient (Wildman–Crippen LogP) is 2.89. The smallest absolute Gasteiger partial charge is 0.222 e. The number of aryl methyl sites for hydroxylation is 2. The van der Waals surface area contributed by atoms with Crippen molar-refractivity contribution < 1.29 is 4.79 Å². The van der Waals surface area contributed by atoms with E-state index in [2.05, 4.69) is 15.3 Å². The lowest BCUT2D eigenvalue weighted by Gasteiger charge is -2.38. The van der Waals surface area contributed by atoms with Crippen molar-refractivity contribution in [1.82, 2.24) is 20.0 Å². The van der Waals surface area contributed by atoms with E-state index in [0.29, 0.717) is 19.0 Å². The Labute approximate surface area is 145 Å². The van der Waals surface area contributed by atoms with Gasteiger partial charge in [0.15, 0.2) is 0 Å². The molecule has 24 heavy (non-hydrogen) atoms. The van der Waals surface area contributed by atoms with E-state index in [1.807, 2.05) is 23.9 Å². The summed E-state index contributed by atoms with van der Waals surface area (Å²) in [5.74, 6) is 0.163. The Morgan fingerprint density at radius 3 is 2.71 bits per heavy atom. The first kappa shape index (κ1) is 17.5. The molecular weight excluding hydrogens is 300 g/mol. The molecule has 5 heteroatoms. The number of hydrogen-bond donors (Lipinski definition) is 1. The van der Waals surface area contributed by atoms with E-state index in [0.717, 1.165) is 24.7 Å². The summed E-state index contributed by atoms with van der Waals surface area (Å²) in [5.41, 5.74) is 1.00. The summed E-state index contributed by atoms with van der Waals surface area (Å²) in [4.78, 5) is 14.9. The van der Waals surface area contributed by atoms with Crippen LogP contribution in [0.25, 0.3) is 0 Å². The topological polar surface area (TPSA) is 50.2 Å². The maximum absolute atomic E-state index is 12.3. The van der Waals surface area contributed by atoms with E-state index in [4.69, 9.17) is 0 Å².